The number of anilines is 1. The number of piperidine rings is 2. The summed E-state index contributed by atoms with van der Waals surface area (Å²) in [7, 11) is 0.708. The standard InChI is InChI=1S/C47H51BN5O6/c1-2-39(34-7-4-3-5-8-34)44(36-13-16-38(17-14-36)59-48-58)35-11-9-32(10-12-35)33-21-25-50(26-22-33)23-6-24-51-27-29-52(30-28-51)37-15-18-40-41(31-37)47(57)53(46(40)56)42-19-20-43(54)49-45(42)55/h3-5,7-18,31,33,42,58H,2,6,19-30H2,1H3,(H,49,54,55)/b44-39-. The summed E-state index contributed by atoms with van der Waals surface area (Å²) in [6.45, 7) is 10.0. The van der Waals surface area contributed by atoms with Crippen molar-refractivity contribution in [2.75, 3.05) is 57.3 Å². The summed E-state index contributed by atoms with van der Waals surface area (Å²) >= 11 is 0. The predicted molar refractivity (Wildman–Crippen MR) is 229 cm³/mol. The minimum absolute atomic E-state index is 0.102. The van der Waals surface area contributed by atoms with Crippen LogP contribution in [-0.4, -0.2) is 109 Å². The van der Waals surface area contributed by atoms with Gasteiger partial charge in [0.1, 0.15) is 11.8 Å². The maximum absolute atomic E-state index is 13.3. The van der Waals surface area contributed by atoms with Crippen LogP contribution < -0.4 is 14.9 Å². The zero-order valence-corrected chi connectivity index (χ0v) is 33.6. The van der Waals surface area contributed by atoms with Crippen LogP contribution in [0.3, 0.4) is 0 Å². The first-order chi connectivity index (χ1) is 28.8. The van der Waals surface area contributed by atoms with Crippen LogP contribution >= 0.6 is 0 Å². The minimum atomic E-state index is -0.960. The molecule has 0 saturated carbocycles. The third kappa shape index (κ3) is 8.76. The van der Waals surface area contributed by atoms with Crippen molar-refractivity contribution in [1.29, 1.82) is 0 Å². The molecule has 3 saturated heterocycles. The molecule has 0 bridgehead atoms. The van der Waals surface area contributed by atoms with Crippen molar-refractivity contribution in [1.82, 2.24) is 20.0 Å². The van der Waals surface area contributed by atoms with Crippen LogP contribution in [0.2, 0.25) is 0 Å². The first-order valence-electron chi connectivity index (χ1n) is 21.0. The number of imide groups is 2. The maximum atomic E-state index is 13.3. The Morgan fingerprint density at radius 3 is 2.02 bits per heavy atom. The summed E-state index contributed by atoms with van der Waals surface area (Å²) in [6.07, 6.45) is 4.55. The van der Waals surface area contributed by atoms with Crippen molar-refractivity contribution < 1.29 is 28.9 Å². The molecule has 4 aliphatic rings. The van der Waals surface area contributed by atoms with Gasteiger partial charge in [-0.15, -0.1) is 0 Å². The summed E-state index contributed by atoms with van der Waals surface area (Å²) in [4.78, 5) is 58.9. The van der Waals surface area contributed by atoms with E-state index in [4.69, 9.17) is 9.68 Å². The van der Waals surface area contributed by atoms with Gasteiger partial charge in [0, 0.05) is 38.3 Å². The first kappa shape index (κ1) is 40.2. The number of hydrogen-bond donors (Lipinski definition) is 2. The fraction of sp³-hybridized carbons (Fsp3) is 0.362. The highest BCUT2D eigenvalue weighted by Gasteiger charge is 2.44. The van der Waals surface area contributed by atoms with Crippen molar-refractivity contribution >= 4 is 48.1 Å². The van der Waals surface area contributed by atoms with Gasteiger partial charge in [-0.05, 0) is 128 Å². The number of amides is 4. The minimum Gasteiger partial charge on any atom is -0.537 e. The second kappa shape index (κ2) is 18.2. The zero-order valence-electron chi connectivity index (χ0n) is 33.6. The third-order valence-corrected chi connectivity index (χ3v) is 12.5. The van der Waals surface area contributed by atoms with Crippen LogP contribution in [0.15, 0.2) is 97.1 Å². The quantitative estimate of drug-likeness (QED) is 0.0990. The van der Waals surface area contributed by atoms with E-state index in [1.54, 1.807) is 12.1 Å². The molecule has 2 N–H and O–H groups in total. The zero-order chi connectivity index (χ0) is 40.9. The number of piperazine rings is 1. The molecule has 1 radical (unpaired) electrons. The molecule has 0 aliphatic carbocycles. The lowest BCUT2D eigenvalue weighted by molar-refractivity contribution is -0.136. The number of nitrogens with zero attached hydrogens (tertiary/aromatic N) is 4. The second-order valence-corrected chi connectivity index (χ2v) is 15.9. The molecule has 59 heavy (non-hydrogen) atoms. The Kier molecular flexibility index (Phi) is 12.4. The summed E-state index contributed by atoms with van der Waals surface area (Å²) in [5, 5.41) is 11.4. The molecular weight excluding hydrogens is 741 g/mol. The fourth-order valence-corrected chi connectivity index (χ4v) is 9.26. The van der Waals surface area contributed by atoms with Gasteiger partial charge < -0.3 is 19.5 Å². The average molecular weight is 793 g/mol. The largest absolute Gasteiger partial charge is 0.569 e. The van der Waals surface area contributed by atoms with E-state index in [2.05, 4.69) is 93.7 Å². The van der Waals surface area contributed by atoms with Crippen molar-refractivity contribution in [3.63, 3.8) is 0 Å². The number of fused-ring (bicyclic) bond motifs is 1. The summed E-state index contributed by atoms with van der Waals surface area (Å²) in [6, 6.07) is 32.1. The lowest BCUT2D eigenvalue weighted by atomic mass is 9.85. The molecule has 4 aromatic carbocycles. The van der Waals surface area contributed by atoms with Crippen LogP contribution in [0.25, 0.3) is 11.1 Å². The Morgan fingerprint density at radius 1 is 0.729 bits per heavy atom. The summed E-state index contributed by atoms with van der Waals surface area (Å²) in [5.74, 6) is -0.794. The molecule has 8 rings (SSSR count). The molecule has 3 fully saturated rings. The molecular formula is C47H51BN5O6. The number of hydrogen-bond acceptors (Lipinski definition) is 9. The van der Waals surface area contributed by atoms with Crippen molar-refractivity contribution in [3.05, 3.63) is 130 Å². The Hall–Kier alpha value is -5.56. The number of carbonyl (C=O) groups is 4. The van der Waals surface area contributed by atoms with Gasteiger partial charge in [0.25, 0.3) is 11.8 Å². The van der Waals surface area contributed by atoms with E-state index in [-0.39, 0.29) is 18.7 Å². The van der Waals surface area contributed by atoms with Gasteiger partial charge in [0.15, 0.2) is 0 Å². The van der Waals surface area contributed by atoms with Crippen LogP contribution in [0.4, 0.5) is 5.69 Å². The molecule has 4 aliphatic heterocycles. The molecule has 0 spiro atoms. The molecule has 4 amide bonds. The number of likely N-dealkylation sites (tertiary alicyclic amines) is 1. The normalized spacial score (nSPS) is 19.7. The van der Waals surface area contributed by atoms with Gasteiger partial charge >= 0.3 is 7.69 Å². The first-order valence-corrected chi connectivity index (χ1v) is 21.0. The molecule has 303 valence electrons. The van der Waals surface area contributed by atoms with E-state index in [9.17, 15) is 19.2 Å². The van der Waals surface area contributed by atoms with Gasteiger partial charge in [-0.3, -0.25) is 34.3 Å². The summed E-state index contributed by atoms with van der Waals surface area (Å²) < 4.78 is 5.19. The number of allylic oxidation sites excluding steroid dienone is 1. The van der Waals surface area contributed by atoms with Crippen LogP contribution in [0.5, 0.6) is 5.75 Å². The topological polar surface area (TPSA) is 123 Å². The van der Waals surface area contributed by atoms with Gasteiger partial charge in [-0.25, -0.2) is 0 Å². The Bertz CT molecular complexity index is 2200. The number of carbonyl (C=O) groups excluding carboxylic acids is 4. The lowest BCUT2D eigenvalue weighted by Gasteiger charge is -2.37. The van der Waals surface area contributed by atoms with Crippen LogP contribution in [0.1, 0.15) is 94.3 Å². The van der Waals surface area contributed by atoms with E-state index >= 15 is 0 Å². The van der Waals surface area contributed by atoms with E-state index in [1.807, 2.05) is 18.2 Å². The maximum Gasteiger partial charge on any atom is 0.569 e. The highest BCUT2D eigenvalue weighted by molar-refractivity contribution is 6.23. The number of rotatable bonds is 13. The molecule has 11 nitrogen and oxygen atoms in total. The van der Waals surface area contributed by atoms with E-state index in [0.717, 1.165) is 94.2 Å². The average Bonchev–Trinajstić information content (AvgIpc) is 3.52. The highest BCUT2D eigenvalue weighted by Crippen LogP contribution is 2.37. The Morgan fingerprint density at radius 2 is 1.37 bits per heavy atom. The lowest BCUT2D eigenvalue weighted by Crippen LogP contribution is -2.54. The summed E-state index contributed by atoms with van der Waals surface area (Å²) in [5.41, 5.74) is 8.94. The molecule has 0 aromatic heterocycles. The molecule has 1 unspecified atom stereocenters. The van der Waals surface area contributed by atoms with Crippen LogP contribution in [-0.2, 0) is 9.59 Å². The molecule has 12 heteroatoms. The smallest absolute Gasteiger partial charge is 0.537 e. The van der Waals surface area contributed by atoms with Crippen LogP contribution in [0, 0.1) is 0 Å². The van der Waals surface area contributed by atoms with Crippen molar-refractivity contribution in [2.24, 2.45) is 0 Å². The van der Waals surface area contributed by atoms with Gasteiger partial charge in [0.05, 0.1) is 11.1 Å². The van der Waals surface area contributed by atoms with Crippen molar-refractivity contribution in [3.8, 4) is 5.75 Å². The third-order valence-electron chi connectivity index (χ3n) is 12.5. The molecule has 1 atom stereocenters. The SMILES string of the molecule is CC/C(=C(/c1ccc(O[B]O)cc1)c1ccc(C2CCN(CCCN3CCN(c4ccc5c(c4)C(=O)N(C4CCC(=O)NC4=O)C5=O)CC3)CC2)cc1)c1ccccc1. The fourth-order valence-electron chi connectivity index (χ4n) is 9.26. The Balaban J connectivity index is 0.813. The monoisotopic (exact) mass is 792 g/mol. The Labute approximate surface area is 346 Å². The highest BCUT2D eigenvalue weighted by atomic mass is 16.5. The van der Waals surface area contributed by atoms with Crippen molar-refractivity contribution in [2.45, 2.75) is 57.4 Å². The van der Waals surface area contributed by atoms with E-state index < -0.39 is 23.8 Å². The van der Waals surface area contributed by atoms with Gasteiger partial charge in [-0.1, -0.05) is 73.7 Å². The molecule has 4 heterocycles. The van der Waals surface area contributed by atoms with E-state index in [0.29, 0.717) is 30.5 Å². The second-order valence-electron chi connectivity index (χ2n) is 15.9. The number of benzene rings is 4. The molecule has 4 aromatic rings. The predicted octanol–water partition coefficient (Wildman–Crippen LogP) is 5.75. The van der Waals surface area contributed by atoms with Gasteiger partial charge in [0.2, 0.25) is 11.8 Å². The van der Waals surface area contributed by atoms with E-state index in [1.165, 1.54) is 27.8 Å². The number of nitrogens with one attached hydrogen (secondary N) is 1. The van der Waals surface area contributed by atoms with Gasteiger partial charge in [-0.2, -0.15) is 0 Å².